The summed E-state index contributed by atoms with van der Waals surface area (Å²) in [6.45, 7) is 1.04. The van der Waals surface area contributed by atoms with Gasteiger partial charge in [-0.3, -0.25) is 0 Å². The number of benzene rings is 1. The lowest BCUT2D eigenvalue weighted by atomic mass is 9.90. The molecule has 2 aliphatic rings. The highest BCUT2D eigenvalue weighted by Gasteiger charge is 2.59. The molecule has 1 aromatic carbocycles. The number of epoxide rings is 1. The van der Waals surface area contributed by atoms with Gasteiger partial charge in [0.05, 0.1) is 6.54 Å². The summed E-state index contributed by atoms with van der Waals surface area (Å²) >= 11 is 5.85. The number of halogens is 1. The molecule has 1 aromatic rings. The van der Waals surface area contributed by atoms with E-state index in [-0.39, 0.29) is 11.7 Å². The van der Waals surface area contributed by atoms with Gasteiger partial charge >= 0.3 is 6.09 Å². The van der Waals surface area contributed by atoms with Crippen LogP contribution >= 0.6 is 11.6 Å². The predicted octanol–water partition coefficient (Wildman–Crippen LogP) is 2.40. The minimum absolute atomic E-state index is 0.0537. The highest BCUT2D eigenvalue weighted by molar-refractivity contribution is 6.30. The summed E-state index contributed by atoms with van der Waals surface area (Å²) in [6.07, 6.45) is 0.804. The number of likely N-dealkylation sites (tertiary alicyclic amines) is 1. The van der Waals surface area contributed by atoms with Gasteiger partial charge in [-0.1, -0.05) is 23.7 Å². The van der Waals surface area contributed by atoms with E-state index in [0.29, 0.717) is 13.1 Å². The molecule has 18 heavy (non-hydrogen) atoms. The zero-order valence-electron chi connectivity index (χ0n) is 9.80. The van der Waals surface area contributed by atoms with Crippen molar-refractivity contribution in [2.24, 2.45) is 0 Å². The number of hydrogen-bond acceptors (Lipinski definition) is 2. The predicted molar refractivity (Wildman–Crippen MR) is 67.0 cm³/mol. The Labute approximate surface area is 110 Å². The van der Waals surface area contributed by atoms with Crippen LogP contribution in [0.3, 0.4) is 0 Å². The van der Waals surface area contributed by atoms with Crippen molar-refractivity contribution in [2.75, 3.05) is 13.1 Å². The first kappa shape index (κ1) is 11.8. The topological polar surface area (TPSA) is 53.1 Å². The van der Waals surface area contributed by atoms with E-state index in [0.717, 1.165) is 17.9 Å². The smallest absolute Gasteiger partial charge is 0.407 e. The first-order valence-electron chi connectivity index (χ1n) is 5.99. The van der Waals surface area contributed by atoms with Crippen molar-refractivity contribution in [3.63, 3.8) is 0 Å². The second-order valence-electron chi connectivity index (χ2n) is 4.95. The maximum atomic E-state index is 10.9. The van der Waals surface area contributed by atoms with E-state index in [1.807, 2.05) is 24.3 Å². The summed E-state index contributed by atoms with van der Waals surface area (Å²) in [4.78, 5) is 12.3. The highest BCUT2D eigenvalue weighted by Crippen LogP contribution is 2.46. The summed E-state index contributed by atoms with van der Waals surface area (Å²) in [6, 6.07) is 7.74. The van der Waals surface area contributed by atoms with Gasteiger partial charge in [0.15, 0.2) is 0 Å². The molecule has 2 saturated heterocycles. The van der Waals surface area contributed by atoms with Gasteiger partial charge in [-0.05, 0) is 24.1 Å². The second kappa shape index (κ2) is 4.14. The minimum atomic E-state index is -0.856. The number of hydrogen-bond donors (Lipinski definition) is 1. The number of rotatable bonds is 2. The van der Waals surface area contributed by atoms with Crippen LogP contribution in [0.1, 0.15) is 12.0 Å². The summed E-state index contributed by atoms with van der Waals surface area (Å²) < 4.78 is 5.74. The number of piperidine rings is 1. The van der Waals surface area contributed by atoms with Crippen molar-refractivity contribution in [2.45, 2.75) is 24.5 Å². The molecule has 2 atom stereocenters. The molecule has 0 bridgehead atoms. The van der Waals surface area contributed by atoms with Gasteiger partial charge in [-0.2, -0.15) is 0 Å². The van der Waals surface area contributed by atoms with Gasteiger partial charge in [0.1, 0.15) is 11.7 Å². The van der Waals surface area contributed by atoms with Crippen molar-refractivity contribution in [1.82, 2.24) is 4.90 Å². The Morgan fingerprint density at radius 1 is 1.50 bits per heavy atom. The van der Waals surface area contributed by atoms with Crippen molar-refractivity contribution < 1.29 is 14.6 Å². The number of amides is 1. The molecular weight excluding hydrogens is 254 g/mol. The van der Waals surface area contributed by atoms with Crippen LogP contribution < -0.4 is 0 Å². The summed E-state index contributed by atoms with van der Waals surface area (Å²) in [5.74, 6) is 0. The molecule has 1 N–H and O–H groups in total. The van der Waals surface area contributed by atoms with Crippen LogP contribution in [0.2, 0.25) is 5.02 Å². The Bertz CT molecular complexity index is 476. The Morgan fingerprint density at radius 2 is 2.22 bits per heavy atom. The van der Waals surface area contributed by atoms with E-state index < -0.39 is 6.09 Å². The maximum absolute atomic E-state index is 10.9. The fourth-order valence-electron chi connectivity index (χ4n) is 2.65. The molecule has 96 valence electrons. The Morgan fingerprint density at radius 3 is 2.83 bits per heavy atom. The van der Waals surface area contributed by atoms with Gasteiger partial charge in [-0.25, -0.2) is 4.79 Å². The highest BCUT2D eigenvalue weighted by atomic mass is 35.5. The quantitative estimate of drug-likeness (QED) is 0.837. The van der Waals surface area contributed by atoms with Gasteiger partial charge in [0.2, 0.25) is 0 Å². The number of carboxylic acid groups (broad SMARTS) is 1. The average Bonchev–Trinajstić information content (AvgIpc) is 3.05. The molecule has 2 fully saturated rings. The largest absolute Gasteiger partial charge is 0.465 e. The van der Waals surface area contributed by atoms with Gasteiger partial charge in [0.25, 0.3) is 0 Å². The Balaban J connectivity index is 1.66. The van der Waals surface area contributed by atoms with Crippen molar-refractivity contribution in [1.29, 1.82) is 0 Å². The van der Waals surface area contributed by atoms with Crippen LogP contribution in [0.5, 0.6) is 0 Å². The fourth-order valence-corrected chi connectivity index (χ4v) is 2.78. The lowest BCUT2D eigenvalue weighted by Gasteiger charge is -2.26. The van der Waals surface area contributed by atoms with E-state index >= 15 is 0 Å². The van der Waals surface area contributed by atoms with E-state index in [1.54, 1.807) is 0 Å². The van der Waals surface area contributed by atoms with E-state index in [1.165, 1.54) is 10.5 Å². The molecule has 1 amide bonds. The van der Waals surface area contributed by atoms with Crippen molar-refractivity contribution >= 4 is 17.7 Å². The van der Waals surface area contributed by atoms with E-state index in [2.05, 4.69) is 0 Å². The molecule has 2 unspecified atom stereocenters. The second-order valence-corrected chi connectivity index (χ2v) is 5.39. The first-order chi connectivity index (χ1) is 8.59. The molecule has 0 saturated carbocycles. The van der Waals surface area contributed by atoms with Gasteiger partial charge in [-0.15, -0.1) is 0 Å². The van der Waals surface area contributed by atoms with Crippen molar-refractivity contribution in [3.8, 4) is 0 Å². The third-order valence-corrected chi connectivity index (χ3v) is 4.04. The number of nitrogens with zero attached hydrogens (tertiary/aromatic N) is 1. The lowest BCUT2D eigenvalue weighted by molar-refractivity contribution is 0.136. The molecule has 0 aromatic heterocycles. The molecule has 2 aliphatic heterocycles. The number of ether oxygens (including phenoxy) is 1. The van der Waals surface area contributed by atoms with Crippen molar-refractivity contribution in [3.05, 3.63) is 34.9 Å². The SMILES string of the molecule is O=C(O)N1CCC2(Cc3ccc(Cl)cc3)OC2C1. The molecule has 3 rings (SSSR count). The Kier molecular flexibility index (Phi) is 2.72. The molecule has 0 aliphatic carbocycles. The van der Waals surface area contributed by atoms with E-state index in [4.69, 9.17) is 21.4 Å². The zero-order valence-corrected chi connectivity index (χ0v) is 10.6. The molecule has 5 heteroatoms. The monoisotopic (exact) mass is 267 g/mol. The van der Waals surface area contributed by atoms with Crippen LogP contribution in [0.4, 0.5) is 4.79 Å². The first-order valence-corrected chi connectivity index (χ1v) is 6.37. The maximum Gasteiger partial charge on any atom is 0.407 e. The molecule has 0 radical (unpaired) electrons. The van der Waals surface area contributed by atoms with Gasteiger partial charge in [0, 0.05) is 18.0 Å². The molecular formula is C13H14ClNO3. The summed E-state index contributed by atoms with van der Waals surface area (Å²) in [5, 5.41) is 9.66. The lowest BCUT2D eigenvalue weighted by Crippen LogP contribution is -2.43. The fraction of sp³-hybridized carbons (Fsp3) is 0.462. The Hall–Kier alpha value is -1.26. The molecule has 4 nitrogen and oxygen atoms in total. The normalized spacial score (nSPS) is 29.8. The van der Waals surface area contributed by atoms with Crippen LogP contribution in [0.15, 0.2) is 24.3 Å². The zero-order chi connectivity index (χ0) is 12.8. The van der Waals surface area contributed by atoms with E-state index in [9.17, 15) is 4.79 Å². The van der Waals surface area contributed by atoms with Crippen LogP contribution in [-0.4, -0.2) is 40.9 Å². The summed E-state index contributed by atoms with van der Waals surface area (Å²) in [7, 11) is 0. The van der Waals surface area contributed by atoms with Crippen LogP contribution in [0.25, 0.3) is 0 Å². The number of fused-ring (bicyclic) bond motifs is 1. The molecule has 2 heterocycles. The number of carbonyl (C=O) groups is 1. The van der Waals surface area contributed by atoms with Crippen LogP contribution in [0, 0.1) is 0 Å². The molecule has 0 spiro atoms. The standard InChI is InChI=1S/C13H14ClNO3/c14-10-3-1-9(2-4-10)7-13-5-6-15(12(16)17)8-11(13)18-13/h1-4,11H,5-8H2,(H,16,17). The minimum Gasteiger partial charge on any atom is -0.465 e. The third kappa shape index (κ3) is 2.06. The third-order valence-electron chi connectivity index (χ3n) is 3.78. The van der Waals surface area contributed by atoms with Crippen LogP contribution in [-0.2, 0) is 11.2 Å². The average molecular weight is 268 g/mol. The summed E-state index contributed by atoms with van der Waals surface area (Å²) in [5.41, 5.74) is 1.05. The van der Waals surface area contributed by atoms with Gasteiger partial charge < -0.3 is 14.7 Å².